The molecule has 102 valence electrons. The molecule has 0 unspecified atom stereocenters. The summed E-state index contributed by atoms with van der Waals surface area (Å²) in [6, 6.07) is 8.19. The Morgan fingerprint density at radius 2 is 2.00 bits per heavy atom. The van der Waals surface area contributed by atoms with Gasteiger partial charge in [0.05, 0.1) is 0 Å². The number of carbonyl (C=O) groups excluding carboxylic acids is 1. The van der Waals surface area contributed by atoms with Crippen LogP contribution in [0.4, 0.5) is 0 Å². The van der Waals surface area contributed by atoms with Crippen LogP contribution in [0.15, 0.2) is 30.5 Å². The zero-order valence-corrected chi connectivity index (χ0v) is 11.9. The van der Waals surface area contributed by atoms with Crippen LogP contribution in [-0.4, -0.2) is 17.4 Å². The van der Waals surface area contributed by atoms with Crippen LogP contribution in [0.3, 0.4) is 0 Å². The number of aryl methyl sites for hydroxylation is 1. The predicted molar refractivity (Wildman–Crippen MR) is 79.1 cm³/mol. The normalized spacial score (nSPS) is 11.7. The van der Waals surface area contributed by atoms with Gasteiger partial charge in [-0.2, -0.15) is 0 Å². The second-order valence-corrected chi connectivity index (χ2v) is 6.20. The first-order valence-electron chi connectivity index (χ1n) is 6.77. The van der Waals surface area contributed by atoms with E-state index in [0.29, 0.717) is 6.42 Å². The molecule has 2 aromatic rings. The first-order chi connectivity index (χ1) is 8.96. The third-order valence-electron chi connectivity index (χ3n) is 3.11. The van der Waals surface area contributed by atoms with Crippen molar-refractivity contribution in [2.45, 2.75) is 33.6 Å². The molecule has 1 aromatic heterocycles. The fraction of sp³-hybridized carbons (Fsp3) is 0.438. The molecular formula is C16H22N2O. The van der Waals surface area contributed by atoms with Crippen molar-refractivity contribution in [2.24, 2.45) is 5.41 Å². The van der Waals surface area contributed by atoms with Gasteiger partial charge in [0.25, 0.3) is 0 Å². The van der Waals surface area contributed by atoms with Crippen LogP contribution in [-0.2, 0) is 11.2 Å². The minimum atomic E-state index is 0.125. The van der Waals surface area contributed by atoms with Crippen molar-refractivity contribution in [3.05, 3.63) is 36.0 Å². The number of nitrogens with one attached hydrogen (secondary N) is 2. The lowest BCUT2D eigenvalue weighted by Gasteiger charge is -2.18. The summed E-state index contributed by atoms with van der Waals surface area (Å²) in [6.45, 7) is 7.08. The van der Waals surface area contributed by atoms with Crippen LogP contribution in [0, 0.1) is 5.41 Å². The van der Waals surface area contributed by atoms with E-state index in [1.165, 1.54) is 10.9 Å². The van der Waals surface area contributed by atoms with Gasteiger partial charge in [0, 0.05) is 30.1 Å². The van der Waals surface area contributed by atoms with E-state index >= 15 is 0 Å². The molecule has 3 heteroatoms. The van der Waals surface area contributed by atoms with Crippen molar-refractivity contribution in [2.75, 3.05) is 6.54 Å². The molecule has 0 atom stereocenters. The summed E-state index contributed by atoms with van der Waals surface area (Å²) in [7, 11) is 0. The zero-order chi connectivity index (χ0) is 13.9. The van der Waals surface area contributed by atoms with Crippen molar-refractivity contribution in [3.63, 3.8) is 0 Å². The first-order valence-corrected chi connectivity index (χ1v) is 6.77. The summed E-state index contributed by atoms with van der Waals surface area (Å²) in [5.74, 6) is 0.125. The lowest BCUT2D eigenvalue weighted by molar-refractivity contribution is -0.121. The molecule has 2 N–H and O–H groups in total. The van der Waals surface area contributed by atoms with Crippen molar-refractivity contribution in [1.29, 1.82) is 0 Å². The van der Waals surface area contributed by atoms with E-state index in [9.17, 15) is 4.79 Å². The zero-order valence-electron chi connectivity index (χ0n) is 11.9. The van der Waals surface area contributed by atoms with E-state index < -0.39 is 0 Å². The number of para-hydroxylation sites is 1. The Morgan fingerprint density at radius 3 is 2.74 bits per heavy atom. The molecule has 19 heavy (non-hydrogen) atoms. The van der Waals surface area contributed by atoms with Crippen LogP contribution >= 0.6 is 0 Å². The molecule has 1 aromatic carbocycles. The van der Waals surface area contributed by atoms with E-state index in [4.69, 9.17) is 0 Å². The Labute approximate surface area is 114 Å². The second kappa shape index (κ2) is 5.47. The molecule has 0 saturated carbocycles. The number of H-pyrrole nitrogens is 1. The van der Waals surface area contributed by atoms with Gasteiger partial charge in [0.1, 0.15) is 0 Å². The summed E-state index contributed by atoms with van der Waals surface area (Å²) < 4.78 is 0. The molecule has 0 bridgehead atoms. The standard InChI is InChI=1S/C16H22N2O/c1-16(2,3)11-18-15(19)9-8-12-10-17-14-7-5-4-6-13(12)14/h4-7,10,17H,8-9,11H2,1-3H3,(H,18,19). The summed E-state index contributed by atoms with van der Waals surface area (Å²) in [4.78, 5) is 15.0. The highest BCUT2D eigenvalue weighted by atomic mass is 16.1. The van der Waals surface area contributed by atoms with Gasteiger partial charge in [-0.25, -0.2) is 0 Å². The molecule has 0 saturated heterocycles. The van der Waals surface area contributed by atoms with Crippen molar-refractivity contribution < 1.29 is 4.79 Å². The van der Waals surface area contributed by atoms with Gasteiger partial charge >= 0.3 is 0 Å². The van der Waals surface area contributed by atoms with Crippen LogP contribution in [0.5, 0.6) is 0 Å². The fourth-order valence-corrected chi connectivity index (χ4v) is 2.04. The quantitative estimate of drug-likeness (QED) is 0.868. The maximum Gasteiger partial charge on any atom is 0.220 e. The molecule has 0 aliphatic carbocycles. The third kappa shape index (κ3) is 3.85. The summed E-state index contributed by atoms with van der Waals surface area (Å²) in [6.07, 6.45) is 3.32. The summed E-state index contributed by atoms with van der Waals surface area (Å²) in [5.41, 5.74) is 2.48. The molecule has 2 rings (SSSR count). The van der Waals surface area contributed by atoms with Crippen molar-refractivity contribution in [1.82, 2.24) is 10.3 Å². The Bertz CT molecular complexity index is 563. The average Bonchev–Trinajstić information content (AvgIpc) is 2.76. The average molecular weight is 258 g/mol. The Morgan fingerprint density at radius 1 is 1.26 bits per heavy atom. The maximum atomic E-state index is 11.8. The number of hydrogen-bond acceptors (Lipinski definition) is 1. The number of aromatic nitrogens is 1. The van der Waals surface area contributed by atoms with E-state index in [2.05, 4.69) is 43.2 Å². The van der Waals surface area contributed by atoms with Crippen molar-refractivity contribution >= 4 is 16.8 Å². The molecular weight excluding hydrogens is 236 g/mol. The second-order valence-electron chi connectivity index (χ2n) is 6.20. The highest BCUT2D eigenvalue weighted by Crippen LogP contribution is 2.19. The van der Waals surface area contributed by atoms with E-state index in [1.54, 1.807) is 0 Å². The lowest BCUT2D eigenvalue weighted by Crippen LogP contribution is -2.32. The Balaban J connectivity index is 1.90. The van der Waals surface area contributed by atoms with Gasteiger partial charge in [0.15, 0.2) is 0 Å². The van der Waals surface area contributed by atoms with Crippen molar-refractivity contribution in [3.8, 4) is 0 Å². The molecule has 1 heterocycles. The van der Waals surface area contributed by atoms with Gasteiger partial charge in [-0.05, 0) is 23.5 Å². The SMILES string of the molecule is CC(C)(C)CNC(=O)CCc1c[nH]c2ccccc12. The first kappa shape index (κ1) is 13.7. The third-order valence-corrected chi connectivity index (χ3v) is 3.11. The number of fused-ring (bicyclic) bond motifs is 1. The van der Waals surface area contributed by atoms with Gasteiger partial charge in [-0.15, -0.1) is 0 Å². The van der Waals surface area contributed by atoms with E-state index in [1.807, 2.05) is 18.3 Å². The number of rotatable bonds is 4. The maximum absolute atomic E-state index is 11.8. The predicted octanol–water partition coefficient (Wildman–Crippen LogP) is 3.26. The summed E-state index contributed by atoms with van der Waals surface area (Å²) in [5, 5.41) is 4.20. The number of hydrogen-bond donors (Lipinski definition) is 2. The molecule has 0 fully saturated rings. The monoisotopic (exact) mass is 258 g/mol. The molecule has 1 amide bonds. The molecule has 0 spiro atoms. The largest absolute Gasteiger partial charge is 0.361 e. The number of carbonyl (C=O) groups is 1. The molecule has 0 aliphatic rings. The lowest BCUT2D eigenvalue weighted by atomic mass is 9.97. The Kier molecular flexibility index (Phi) is 3.93. The smallest absolute Gasteiger partial charge is 0.220 e. The van der Waals surface area contributed by atoms with Gasteiger partial charge in [-0.1, -0.05) is 39.0 Å². The minimum Gasteiger partial charge on any atom is -0.361 e. The highest BCUT2D eigenvalue weighted by molar-refractivity contribution is 5.84. The molecule has 3 nitrogen and oxygen atoms in total. The van der Waals surface area contributed by atoms with Crippen LogP contribution in [0.25, 0.3) is 10.9 Å². The Hall–Kier alpha value is -1.77. The topological polar surface area (TPSA) is 44.9 Å². The van der Waals surface area contributed by atoms with Gasteiger partial charge in [-0.3, -0.25) is 4.79 Å². The van der Waals surface area contributed by atoms with Crippen LogP contribution in [0.1, 0.15) is 32.8 Å². The molecule has 0 aliphatic heterocycles. The number of aromatic amines is 1. The van der Waals surface area contributed by atoms with Gasteiger partial charge in [0.2, 0.25) is 5.91 Å². The summed E-state index contributed by atoms with van der Waals surface area (Å²) >= 11 is 0. The highest BCUT2D eigenvalue weighted by Gasteiger charge is 2.12. The number of benzene rings is 1. The van der Waals surface area contributed by atoms with E-state index in [-0.39, 0.29) is 11.3 Å². The van der Waals surface area contributed by atoms with Crippen LogP contribution in [0.2, 0.25) is 0 Å². The van der Waals surface area contributed by atoms with E-state index in [0.717, 1.165) is 18.5 Å². The molecule has 0 radical (unpaired) electrons. The number of amides is 1. The van der Waals surface area contributed by atoms with Crippen LogP contribution < -0.4 is 5.32 Å². The minimum absolute atomic E-state index is 0.125. The van der Waals surface area contributed by atoms with Gasteiger partial charge < -0.3 is 10.3 Å². The fourth-order valence-electron chi connectivity index (χ4n) is 2.04.